The first-order valence-corrected chi connectivity index (χ1v) is 9.52. The number of hydrogen-bond donors (Lipinski definition) is 1. The number of carbonyl (C=O) groups excluding carboxylic acids is 2. The van der Waals surface area contributed by atoms with Gasteiger partial charge in [0.1, 0.15) is 0 Å². The fourth-order valence-corrected chi connectivity index (χ4v) is 3.80. The van der Waals surface area contributed by atoms with Gasteiger partial charge in [0.25, 0.3) is 5.91 Å². The fourth-order valence-electron chi connectivity index (χ4n) is 3.09. The van der Waals surface area contributed by atoms with Crippen molar-refractivity contribution in [1.82, 2.24) is 4.98 Å². The number of rotatable bonds is 4. The van der Waals surface area contributed by atoms with E-state index in [0.29, 0.717) is 40.6 Å². The maximum atomic E-state index is 13.4. The zero-order valence-corrected chi connectivity index (χ0v) is 15.4. The lowest BCUT2D eigenvalue weighted by atomic mass is 10.1. The van der Waals surface area contributed by atoms with Gasteiger partial charge < -0.3 is 4.90 Å². The lowest BCUT2D eigenvalue weighted by Gasteiger charge is -2.18. The summed E-state index contributed by atoms with van der Waals surface area (Å²) in [6, 6.07) is 10.4. The number of para-hydroxylation sites is 1. The summed E-state index contributed by atoms with van der Waals surface area (Å²) in [5.41, 5.74) is 1.79. The van der Waals surface area contributed by atoms with E-state index >= 15 is 0 Å². The number of aromatic nitrogens is 1. The minimum absolute atomic E-state index is 0.00452. The summed E-state index contributed by atoms with van der Waals surface area (Å²) in [5, 5.41) is 4.69. The Morgan fingerprint density at radius 1 is 1.14 bits per heavy atom. The van der Waals surface area contributed by atoms with Crippen LogP contribution in [0.25, 0.3) is 11.3 Å². The van der Waals surface area contributed by atoms with Crippen LogP contribution < -0.4 is 10.2 Å². The molecular formula is C20H15F2N3O2S. The third-order valence-corrected chi connectivity index (χ3v) is 5.21. The highest BCUT2D eigenvalue weighted by Crippen LogP contribution is 2.29. The lowest BCUT2D eigenvalue weighted by molar-refractivity contribution is -0.117. The van der Waals surface area contributed by atoms with Gasteiger partial charge in [0.15, 0.2) is 16.8 Å². The first kappa shape index (κ1) is 18.2. The number of halogens is 2. The number of nitrogens with zero attached hydrogens (tertiary/aromatic N) is 2. The topological polar surface area (TPSA) is 62.3 Å². The normalized spacial score (nSPS) is 13.8. The summed E-state index contributed by atoms with van der Waals surface area (Å²) >= 11 is 1.18. The van der Waals surface area contributed by atoms with E-state index < -0.39 is 11.6 Å². The molecule has 1 aromatic heterocycles. The van der Waals surface area contributed by atoms with Gasteiger partial charge in [-0.2, -0.15) is 0 Å². The molecule has 0 bridgehead atoms. The van der Waals surface area contributed by atoms with E-state index in [9.17, 15) is 18.4 Å². The molecule has 0 saturated carbocycles. The standard InChI is InChI=1S/C20H15F2N3O2S/c21-14-8-7-12(10-15(14)22)16-11-28-20(23-16)24-19(27)13-4-1-2-5-17(13)25-9-3-6-18(25)26/h1-2,4-5,7-8,10-11H,3,6,9H2,(H,23,24,27). The molecule has 2 aromatic carbocycles. The summed E-state index contributed by atoms with van der Waals surface area (Å²) in [5.74, 6) is -2.28. The fraction of sp³-hybridized carbons (Fsp3) is 0.150. The molecule has 0 radical (unpaired) electrons. The van der Waals surface area contributed by atoms with Crippen molar-refractivity contribution >= 4 is 34.0 Å². The quantitative estimate of drug-likeness (QED) is 0.704. The largest absolute Gasteiger partial charge is 0.312 e. The van der Waals surface area contributed by atoms with E-state index in [4.69, 9.17) is 0 Å². The van der Waals surface area contributed by atoms with Crippen molar-refractivity contribution in [3.8, 4) is 11.3 Å². The molecule has 1 fully saturated rings. The molecule has 0 spiro atoms. The second-order valence-corrected chi connectivity index (χ2v) is 7.15. The predicted octanol–water partition coefficient (Wildman–Crippen LogP) is 4.47. The van der Waals surface area contributed by atoms with Crippen molar-refractivity contribution < 1.29 is 18.4 Å². The molecular weight excluding hydrogens is 384 g/mol. The third kappa shape index (κ3) is 3.50. The molecule has 8 heteroatoms. The second kappa shape index (κ2) is 7.47. The maximum Gasteiger partial charge on any atom is 0.259 e. The maximum absolute atomic E-state index is 13.4. The van der Waals surface area contributed by atoms with E-state index in [0.717, 1.165) is 18.6 Å². The van der Waals surface area contributed by atoms with Crippen LogP contribution in [-0.2, 0) is 4.79 Å². The first-order chi connectivity index (χ1) is 13.5. The zero-order valence-electron chi connectivity index (χ0n) is 14.6. The van der Waals surface area contributed by atoms with Crippen LogP contribution in [0.15, 0.2) is 47.8 Å². The van der Waals surface area contributed by atoms with Crippen LogP contribution in [0, 0.1) is 11.6 Å². The van der Waals surface area contributed by atoms with Crippen molar-refractivity contribution in [3.05, 3.63) is 65.0 Å². The zero-order chi connectivity index (χ0) is 19.7. The van der Waals surface area contributed by atoms with Gasteiger partial charge >= 0.3 is 0 Å². The van der Waals surface area contributed by atoms with Crippen LogP contribution in [0.5, 0.6) is 0 Å². The highest BCUT2D eigenvalue weighted by molar-refractivity contribution is 7.14. The van der Waals surface area contributed by atoms with Gasteiger partial charge in [0, 0.05) is 23.9 Å². The number of thiazole rings is 1. The molecule has 1 aliphatic heterocycles. The molecule has 0 aliphatic carbocycles. The average molecular weight is 399 g/mol. The molecule has 4 rings (SSSR count). The average Bonchev–Trinajstić information content (AvgIpc) is 3.33. The molecule has 0 unspecified atom stereocenters. The highest BCUT2D eigenvalue weighted by Gasteiger charge is 2.25. The van der Waals surface area contributed by atoms with Crippen LogP contribution in [0.2, 0.25) is 0 Å². The number of anilines is 2. The van der Waals surface area contributed by atoms with Crippen molar-refractivity contribution in [2.24, 2.45) is 0 Å². The summed E-state index contributed by atoms with van der Waals surface area (Å²) in [6.45, 7) is 0.584. The summed E-state index contributed by atoms with van der Waals surface area (Å²) in [7, 11) is 0. The van der Waals surface area contributed by atoms with Gasteiger partial charge in [-0.05, 0) is 36.8 Å². The molecule has 142 valence electrons. The number of carbonyl (C=O) groups is 2. The highest BCUT2D eigenvalue weighted by atomic mass is 32.1. The Hall–Kier alpha value is -3.13. The van der Waals surface area contributed by atoms with Crippen LogP contribution >= 0.6 is 11.3 Å². The Bertz CT molecular complexity index is 1070. The van der Waals surface area contributed by atoms with E-state index in [-0.39, 0.29) is 11.8 Å². The van der Waals surface area contributed by atoms with Crippen molar-refractivity contribution in [3.63, 3.8) is 0 Å². The summed E-state index contributed by atoms with van der Waals surface area (Å²) < 4.78 is 26.5. The molecule has 28 heavy (non-hydrogen) atoms. The van der Waals surface area contributed by atoms with E-state index in [2.05, 4.69) is 10.3 Å². The van der Waals surface area contributed by atoms with Gasteiger partial charge in [-0.1, -0.05) is 12.1 Å². The SMILES string of the molecule is O=C(Nc1nc(-c2ccc(F)c(F)c2)cs1)c1ccccc1N1CCCC1=O. The van der Waals surface area contributed by atoms with Crippen LogP contribution in [-0.4, -0.2) is 23.3 Å². The number of hydrogen-bond acceptors (Lipinski definition) is 4. The Balaban J connectivity index is 1.56. The number of amides is 2. The number of benzene rings is 2. The van der Waals surface area contributed by atoms with Crippen molar-refractivity contribution in [2.75, 3.05) is 16.8 Å². The van der Waals surface area contributed by atoms with Gasteiger partial charge in [-0.15, -0.1) is 11.3 Å². The Morgan fingerprint density at radius 2 is 1.96 bits per heavy atom. The molecule has 2 amide bonds. The van der Waals surface area contributed by atoms with Crippen LogP contribution in [0.1, 0.15) is 23.2 Å². The van der Waals surface area contributed by atoms with Crippen LogP contribution in [0.4, 0.5) is 19.6 Å². The summed E-state index contributed by atoms with van der Waals surface area (Å²) in [6.07, 6.45) is 1.23. The van der Waals surface area contributed by atoms with E-state index in [1.165, 1.54) is 17.4 Å². The molecule has 1 aliphatic rings. The lowest BCUT2D eigenvalue weighted by Crippen LogP contribution is -2.27. The second-order valence-electron chi connectivity index (χ2n) is 6.29. The van der Waals surface area contributed by atoms with Crippen molar-refractivity contribution in [1.29, 1.82) is 0 Å². The first-order valence-electron chi connectivity index (χ1n) is 8.64. The Labute approximate surface area is 163 Å². The van der Waals surface area contributed by atoms with Gasteiger partial charge in [-0.3, -0.25) is 14.9 Å². The van der Waals surface area contributed by atoms with E-state index in [1.54, 1.807) is 34.5 Å². The Kier molecular flexibility index (Phi) is 4.87. The van der Waals surface area contributed by atoms with E-state index in [1.807, 2.05) is 0 Å². The minimum atomic E-state index is -0.958. The summed E-state index contributed by atoms with van der Waals surface area (Å²) in [4.78, 5) is 30.7. The molecule has 1 N–H and O–H groups in total. The Morgan fingerprint density at radius 3 is 2.71 bits per heavy atom. The minimum Gasteiger partial charge on any atom is -0.312 e. The molecule has 5 nitrogen and oxygen atoms in total. The molecule has 1 saturated heterocycles. The monoisotopic (exact) mass is 399 g/mol. The number of nitrogens with one attached hydrogen (secondary N) is 1. The third-order valence-electron chi connectivity index (χ3n) is 4.45. The van der Waals surface area contributed by atoms with Crippen LogP contribution in [0.3, 0.4) is 0 Å². The molecule has 2 heterocycles. The predicted molar refractivity (Wildman–Crippen MR) is 103 cm³/mol. The molecule has 3 aromatic rings. The van der Waals surface area contributed by atoms with Gasteiger partial charge in [-0.25, -0.2) is 13.8 Å². The van der Waals surface area contributed by atoms with Gasteiger partial charge in [0.05, 0.1) is 16.9 Å². The molecule has 0 atom stereocenters. The van der Waals surface area contributed by atoms with Crippen molar-refractivity contribution in [2.45, 2.75) is 12.8 Å². The van der Waals surface area contributed by atoms with Gasteiger partial charge in [0.2, 0.25) is 5.91 Å². The smallest absolute Gasteiger partial charge is 0.259 e.